The Bertz CT molecular complexity index is 1050. The number of carbonyl (C=O) groups is 1. The molecule has 1 aliphatic carbocycles. The maximum absolute atomic E-state index is 12.4. The van der Waals surface area contributed by atoms with Crippen molar-refractivity contribution >= 4 is 60.6 Å². The molecule has 170 valence electrons. The number of fused-ring (bicyclic) bond motifs is 1. The Morgan fingerprint density at radius 1 is 1.09 bits per heavy atom. The van der Waals surface area contributed by atoms with Crippen molar-refractivity contribution < 1.29 is 4.79 Å². The second kappa shape index (κ2) is 10.2. The lowest BCUT2D eigenvalue weighted by Crippen LogP contribution is -2.47. The van der Waals surface area contributed by atoms with Crippen molar-refractivity contribution in [2.24, 2.45) is 5.92 Å². The molecule has 5 nitrogen and oxygen atoms in total. The van der Waals surface area contributed by atoms with Crippen LogP contribution >= 0.6 is 38.8 Å². The van der Waals surface area contributed by atoms with Crippen molar-refractivity contribution in [3.8, 4) is 0 Å². The van der Waals surface area contributed by atoms with Crippen LogP contribution in [0.2, 0.25) is 0 Å². The van der Waals surface area contributed by atoms with E-state index in [0.29, 0.717) is 6.04 Å². The largest absolute Gasteiger partial charge is 0.353 e. The first-order valence-corrected chi connectivity index (χ1v) is 14.0. The Hall–Kier alpha value is -1.48. The number of rotatable bonds is 6. The zero-order chi connectivity index (χ0) is 21.9. The number of anilines is 1. The predicted molar refractivity (Wildman–Crippen MR) is 138 cm³/mol. The molecular formula is C24H29BrN4OS2. The highest BCUT2D eigenvalue weighted by molar-refractivity contribution is 9.10. The normalized spacial score (nSPS) is 22.3. The summed E-state index contributed by atoms with van der Waals surface area (Å²) in [5, 5.41) is 6.49. The zero-order valence-corrected chi connectivity index (χ0v) is 21.4. The van der Waals surface area contributed by atoms with Gasteiger partial charge in [-0.05, 0) is 95.6 Å². The van der Waals surface area contributed by atoms with Gasteiger partial charge >= 0.3 is 0 Å². The molecule has 3 heterocycles. The van der Waals surface area contributed by atoms with Gasteiger partial charge in [-0.1, -0.05) is 12.1 Å². The minimum absolute atomic E-state index is 0.0705. The van der Waals surface area contributed by atoms with E-state index in [1.54, 1.807) is 11.5 Å². The number of hydrogen-bond acceptors (Lipinski definition) is 6. The standard InChI is InChI=1S/C24H29BrN4OS2/c25-20-10-16-31-22(20)24(30)26-18-7-5-17(6-8-18)9-11-28-12-14-29(15-13-28)23-19-3-1-2-4-21(19)32-27-23/h1-4,10,16-18H,5-9,11-15H2,(H,26,30). The first-order valence-electron chi connectivity index (χ1n) is 11.5. The third-order valence-corrected chi connectivity index (χ3v) is 9.54. The Balaban J connectivity index is 1.03. The van der Waals surface area contributed by atoms with Gasteiger partial charge < -0.3 is 10.2 Å². The van der Waals surface area contributed by atoms with Crippen molar-refractivity contribution in [1.29, 1.82) is 0 Å². The van der Waals surface area contributed by atoms with E-state index in [4.69, 9.17) is 4.37 Å². The van der Waals surface area contributed by atoms with Gasteiger partial charge in [0.2, 0.25) is 0 Å². The molecule has 1 N–H and O–H groups in total. The average Bonchev–Trinajstić information content (AvgIpc) is 3.45. The van der Waals surface area contributed by atoms with E-state index in [0.717, 1.165) is 54.3 Å². The lowest BCUT2D eigenvalue weighted by atomic mass is 9.84. The Morgan fingerprint density at radius 2 is 1.88 bits per heavy atom. The number of hydrogen-bond donors (Lipinski definition) is 1. The fourth-order valence-corrected chi connectivity index (χ4v) is 7.20. The van der Waals surface area contributed by atoms with Crippen molar-refractivity contribution in [2.75, 3.05) is 37.6 Å². The molecule has 0 bridgehead atoms. The van der Waals surface area contributed by atoms with Gasteiger partial charge in [0.25, 0.3) is 5.91 Å². The number of halogens is 1. The van der Waals surface area contributed by atoms with Crippen LogP contribution < -0.4 is 10.2 Å². The molecule has 2 aromatic heterocycles. The summed E-state index contributed by atoms with van der Waals surface area (Å²) in [5.41, 5.74) is 0. The molecular weight excluding hydrogens is 504 g/mol. The Morgan fingerprint density at radius 3 is 2.62 bits per heavy atom. The molecule has 0 spiro atoms. The predicted octanol–water partition coefficient (Wildman–Crippen LogP) is 5.62. The summed E-state index contributed by atoms with van der Waals surface area (Å²) in [5.74, 6) is 2.03. The lowest BCUT2D eigenvalue weighted by Gasteiger charge is -2.36. The molecule has 0 radical (unpaired) electrons. The molecule has 1 aromatic carbocycles. The molecule has 1 amide bonds. The second-order valence-corrected chi connectivity index (χ2v) is 11.5. The fourth-order valence-electron chi connectivity index (χ4n) is 4.95. The molecule has 8 heteroatoms. The molecule has 2 fully saturated rings. The van der Waals surface area contributed by atoms with E-state index >= 15 is 0 Å². The van der Waals surface area contributed by atoms with E-state index in [1.165, 1.54) is 53.0 Å². The van der Waals surface area contributed by atoms with E-state index in [9.17, 15) is 4.79 Å². The number of nitrogens with one attached hydrogen (secondary N) is 1. The summed E-state index contributed by atoms with van der Waals surface area (Å²) in [6.07, 6.45) is 5.92. The molecule has 0 unspecified atom stereocenters. The van der Waals surface area contributed by atoms with Gasteiger partial charge in [0.05, 0.1) is 4.70 Å². The highest BCUT2D eigenvalue weighted by atomic mass is 79.9. The van der Waals surface area contributed by atoms with Crippen LogP contribution in [-0.2, 0) is 0 Å². The maximum atomic E-state index is 12.4. The number of thiophene rings is 1. The molecule has 1 saturated heterocycles. The van der Waals surface area contributed by atoms with Crippen LogP contribution in [0.4, 0.5) is 5.82 Å². The zero-order valence-electron chi connectivity index (χ0n) is 18.1. The number of amides is 1. The Kier molecular flexibility index (Phi) is 7.11. The van der Waals surface area contributed by atoms with E-state index in [2.05, 4.69) is 55.3 Å². The van der Waals surface area contributed by atoms with Gasteiger partial charge in [0.1, 0.15) is 10.7 Å². The monoisotopic (exact) mass is 532 g/mol. The van der Waals surface area contributed by atoms with Crippen LogP contribution in [0.3, 0.4) is 0 Å². The minimum Gasteiger partial charge on any atom is -0.353 e. The number of nitrogens with zero attached hydrogens (tertiary/aromatic N) is 3. The van der Waals surface area contributed by atoms with E-state index in [1.807, 2.05) is 11.4 Å². The summed E-state index contributed by atoms with van der Waals surface area (Å²) < 4.78 is 6.91. The topological polar surface area (TPSA) is 48.5 Å². The van der Waals surface area contributed by atoms with Crippen LogP contribution in [-0.4, -0.2) is 53.9 Å². The van der Waals surface area contributed by atoms with Crippen LogP contribution in [0, 0.1) is 5.92 Å². The second-order valence-electron chi connectivity index (χ2n) is 8.91. The van der Waals surface area contributed by atoms with Crippen LogP contribution in [0.25, 0.3) is 10.1 Å². The van der Waals surface area contributed by atoms with Gasteiger partial charge in [0.15, 0.2) is 0 Å². The summed E-state index contributed by atoms with van der Waals surface area (Å²) in [6.45, 7) is 5.55. The average molecular weight is 534 g/mol. The summed E-state index contributed by atoms with van der Waals surface area (Å²) >= 11 is 6.57. The number of benzene rings is 1. The van der Waals surface area contributed by atoms with E-state index in [-0.39, 0.29) is 5.91 Å². The van der Waals surface area contributed by atoms with Gasteiger partial charge in [-0.25, -0.2) is 0 Å². The van der Waals surface area contributed by atoms with Crippen molar-refractivity contribution in [2.45, 2.75) is 38.1 Å². The third-order valence-electron chi connectivity index (χ3n) is 6.89. The van der Waals surface area contributed by atoms with E-state index < -0.39 is 0 Å². The van der Waals surface area contributed by atoms with Crippen molar-refractivity contribution in [3.63, 3.8) is 0 Å². The minimum atomic E-state index is 0.0705. The van der Waals surface area contributed by atoms with Crippen LogP contribution in [0.1, 0.15) is 41.8 Å². The lowest BCUT2D eigenvalue weighted by molar-refractivity contribution is 0.0923. The molecule has 3 aromatic rings. The van der Waals surface area contributed by atoms with Crippen LogP contribution in [0.15, 0.2) is 40.2 Å². The Labute approximate surface area is 206 Å². The molecule has 32 heavy (non-hydrogen) atoms. The van der Waals surface area contributed by atoms with Gasteiger partial charge in [-0.2, -0.15) is 4.37 Å². The van der Waals surface area contributed by atoms with Crippen molar-refractivity contribution in [1.82, 2.24) is 14.6 Å². The highest BCUT2D eigenvalue weighted by Crippen LogP contribution is 2.31. The van der Waals surface area contributed by atoms with Crippen molar-refractivity contribution in [3.05, 3.63) is 45.1 Å². The SMILES string of the molecule is O=C(NC1CCC(CCN2CCN(c3nsc4ccccc34)CC2)CC1)c1sccc1Br. The smallest absolute Gasteiger partial charge is 0.262 e. The summed E-state index contributed by atoms with van der Waals surface area (Å²) in [6, 6.07) is 10.8. The fraction of sp³-hybridized carbons (Fsp3) is 0.500. The summed E-state index contributed by atoms with van der Waals surface area (Å²) in [4.78, 5) is 18.3. The molecule has 0 atom stereocenters. The summed E-state index contributed by atoms with van der Waals surface area (Å²) in [7, 11) is 0. The third kappa shape index (κ3) is 5.03. The van der Waals surface area contributed by atoms with Gasteiger partial charge in [-0.15, -0.1) is 11.3 Å². The van der Waals surface area contributed by atoms with Gasteiger partial charge in [-0.3, -0.25) is 9.69 Å². The molecule has 2 aliphatic rings. The molecule has 1 saturated carbocycles. The first kappa shape index (κ1) is 22.3. The molecule has 1 aliphatic heterocycles. The first-order chi connectivity index (χ1) is 15.7. The van der Waals surface area contributed by atoms with Crippen LogP contribution in [0.5, 0.6) is 0 Å². The molecule has 5 rings (SSSR count). The highest BCUT2D eigenvalue weighted by Gasteiger charge is 2.25. The number of piperazine rings is 1. The quantitative estimate of drug-likeness (QED) is 0.447. The van der Waals surface area contributed by atoms with Gasteiger partial charge in [0, 0.05) is 42.1 Å². The number of aromatic nitrogens is 1. The maximum Gasteiger partial charge on any atom is 0.262 e. The number of carbonyl (C=O) groups excluding carboxylic acids is 1.